The van der Waals surface area contributed by atoms with Gasteiger partial charge in [-0.1, -0.05) is 6.92 Å². The molecule has 0 aliphatic carbocycles. The average Bonchev–Trinajstić information content (AvgIpc) is 3.38. The monoisotopic (exact) mass is 615 g/mol. The normalized spacial score (nSPS) is 21.6. The van der Waals surface area contributed by atoms with Gasteiger partial charge in [-0.2, -0.15) is 13.2 Å². The van der Waals surface area contributed by atoms with E-state index in [1.165, 1.54) is 24.1 Å². The number of sulfonamides is 1. The highest BCUT2D eigenvalue weighted by Gasteiger charge is 2.36. The molecule has 0 spiro atoms. The first-order chi connectivity index (χ1) is 19.7. The maximum absolute atomic E-state index is 13.8. The van der Waals surface area contributed by atoms with Crippen LogP contribution in [-0.2, 0) is 14.8 Å². The minimum Gasteiger partial charge on any atom is -0.491 e. The van der Waals surface area contributed by atoms with Crippen LogP contribution < -0.4 is 18.9 Å². The number of carbonyl (C=O) groups excluding carboxylic acids is 2. The Morgan fingerprint density at radius 2 is 1.76 bits per heavy atom. The standard InChI is InChI=1S/C27H32F3N3O8S/c1-16-11-33(25(34)18-5-8-21-23(9-18)41-15-40-21)17(2)13-39-22-10-19(31-42(36,37)14-27(28,29)30)6-7-20(22)26(35)32(3)12-24(16)38-4/h5-10,16-17,24,31H,11-15H2,1-4H3/t16-,17+,24+/m0/s1. The van der Waals surface area contributed by atoms with E-state index in [-0.39, 0.29) is 55.3 Å². The summed E-state index contributed by atoms with van der Waals surface area (Å²) < 4.78 is 86.6. The number of nitrogens with zero attached hydrogens (tertiary/aromatic N) is 2. The fraction of sp³-hybridized carbons (Fsp3) is 0.481. The van der Waals surface area contributed by atoms with Crippen LogP contribution in [0, 0.1) is 5.92 Å². The molecule has 3 atom stereocenters. The van der Waals surface area contributed by atoms with Gasteiger partial charge in [0.1, 0.15) is 12.4 Å². The van der Waals surface area contributed by atoms with E-state index in [0.717, 1.165) is 6.07 Å². The van der Waals surface area contributed by atoms with Gasteiger partial charge in [-0.05, 0) is 37.3 Å². The summed E-state index contributed by atoms with van der Waals surface area (Å²) in [7, 11) is -1.72. The highest BCUT2D eigenvalue weighted by atomic mass is 32.2. The number of amides is 2. The van der Waals surface area contributed by atoms with Gasteiger partial charge >= 0.3 is 6.18 Å². The van der Waals surface area contributed by atoms with Crippen LogP contribution in [0.25, 0.3) is 0 Å². The molecule has 15 heteroatoms. The van der Waals surface area contributed by atoms with Crippen LogP contribution in [0.15, 0.2) is 36.4 Å². The van der Waals surface area contributed by atoms with Crippen molar-refractivity contribution in [1.82, 2.24) is 9.80 Å². The predicted octanol–water partition coefficient (Wildman–Crippen LogP) is 3.37. The van der Waals surface area contributed by atoms with Crippen LogP contribution in [-0.4, -0.2) is 94.8 Å². The van der Waals surface area contributed by atoms with E-state index in [1.54, 1.807) is 37.1 Å². The van der Waals surface area contributed by atoms with Gasteiger partial charge in [-0.15, -0.1) is 0 Å². The second-order valence-corrected chi connectivity index (χ2v) is 12.0. The smallest absolute Gasteiger partial charge is 0.404 e. The lowest BCUT2D eigenvalue weighted by atomic mass is 10.0. The Balaban J connectivity index is 1.67. The first-order valence-corrected chi connectivity index (χ1v) is 14.7. The van der Waals surface area contributed by atoms with Crippen molar-refractivity contribution in [1.29, 1.82) is 0 Å². The highest BCUT2D eigenvalue weighted by molar-refractivity contribution is 7.92. The van der Waals surface area contributed by atoms with E-state index >= 15 is 0 Å². The summed E-state index contributed by atoms with van der Waals surface area (Å²) in [5.41, 5.74) is 0.193. The number of alkyl halides is 3. The SMILES string of the molecule is CO[C@@H]1CN(C)C(=O)c2ccc(NS(=O)(=O)CC(F)(F)F)cc2OC[C@@H](C)N(C(=O)c2ccc3c(c2)OCO3)C[C@@H]1C. The van der Waals surface area contributed by atoms with Crippen LogP contribution in [0.1, 0.15) is 34.6 Å². The molecule has 0 radical (unpaired) electrons. The number of methoxy groups -OCH3 is 1. The molecule has 2 aromatic carbocycles. The molecule has 2 amide bonds. The second kappa shape index (κ2) is 12.3. The molecule has 0 bridgehead atoms. The zero-order valence-electron chi connectivity index (χ0n) is 23.4. The number of hydrogen-bond acceptors (Lipinski definition) is 8. The quantitative estimate of drug-likeness (QED) is 0.543. The maximum atomic E-state index is 13.8. The van der Waals surface area contributed by atoms with Crippen molar-refractivity contribution >= 4 is 27.5 Å². The van der Waals surface area contributed by atoms with Crippen LogP contribution >= 0.6 is 0 Å². The van der Waals surface area contributed by atoms with Crippen molar-refractivity contribution < 1.29 is 50.1 Å². The molecule has 0 aromatic heterocycles. The Morgan fingerprint density at radius 3 is 2.45 bits per heavy atom. The molecule has 42 heavy (non-hydrogen) atoms. The van der Waals surface area contributed by atoms with Gasteiger partial charge in [0, 0.05) is 44.8 Å². The van der Waals surface area contributed by atoms with Crippen LogP contribution in [0.5, 0.6) is 17.2 Å². The molecule has 0 saturated heterocycles. The molecule has 2 heterocycles. The van der Waals surface area contributed by atoms with Gasteiger partial charge in [0.15, 0.2) is 17.3 Å². The first kappa shape index (κ1) is 31.2. The predicted molar refractivity (Wildman–Crippen MR) is 145 cm³/mol. The molecule has 2 aliphatic rings. The number of nitrogens with one attached hydrogen (secondary N) is 1. The highest BCUT2D eigenvalue weighted by Crippen LogP contribution is 2.33. The Bertz CT molecular complexity index is 1440. The van der Waals surface area contributed by atoms with Gasteiger partial charge in [0.25, 0.3) is 11.8 Å². The Labute approximate surface area is 241 Å². The molecule has 0 fully saturated rings. The van der Waals surface area contributed by atoms with Crippen molar-refractivity contribution in [2.24, 2.45) is 5.92 Å². The van der Waals surface area contributed by atoms with Crippen LogP contribution in [0.3, 0.4) is 0 Å². The van der Waals surface area contributed by atoms with Crippen LogP contribution in [0.4, 0.5) is 18.9 Å². The third kappa shape index (κ3) is 7.37. The fourth-order valence-corrected chi connectivity index (χ4v) is 5.73. The molecular formula is C27H32F3N3O8S. The van der Waals surface area contributed by atoms with E-state index in [9.17, 15) is 31.2 Å². The molecule has 2 aromatic rings. The van der Waals surface area contributed by atoms with Gasteiger partial charge in [0.05, 0.1) is 23.4 Å². The number of fused-ring (bicyclic) bond motifs is 2. The van der Waals surface area contributed by atoms with Gasteiger partial charge in [0.2, 0.25) is 16.8 Å². The van der Waals surface area contributed by atoms with Crippen molar-refractivity contribution in [2.45, 2.75) is 32.2 Å². The number of rotatable bonds is 5. The zero-order valence-corrected chi connectivity index (χ0v) is 24.3. The Kier molecular flexibility index (Phi) is 9.11. The molecule has 2 aliphatic heterocycles. The number of hydrogen-bond donors (Lipinski definition) is 1. The van der Waals surface area contributed by atoms with Crippen molar-refractivity contribution in [3.8, 4) is 17.2 Å². The Hall–Kier alpha value is -3.72. The Morgan fingerprint density at radius 1 is 1.05 bits per heavy atom. The number of ether oxygens (including phenoxy) is 4. The van der Waals surface area contributed by atoms with E-state index in [0.29, 0.717) is 17.1 Å². The topological polar surface area (TPSA) is 124 Å². The fourth-order valence-electron chi connectivity index (χ4n) is 4.74. The van der Waals surface area contributed by atoms with Gasteiger partial charge in [-0.25, -0.2) is 8.42 Å². The minimum absolute atomic E-state index is 0.0491. The lowest BCUT2D eigenvalue weighted by molar-refractivity contribution is -0.106. The third-order valence-corrected chi connectivity index (χ3v) is 8.21. The van der Waals surface area contributed by atoms with Crippen LogP contribution in [0.2, 0.25) is 0 Å². The molecule has 4 rings (SSSR count). The summed E-state index contributed by atoms with van der Waals surface area (Å²) in [6.07, 6.45) is -5.41. The summed E-state index contributed by atoms with van der Waals surface area (Å²) in [5.74, 6) is -2.18. The minimum atomic E-state index is -4.95. The second-order valence-electron chi connectivity index (χ2n) is 10.3. The molecule has 0 saturated carbocycles. The molecule has 1 N–H and O–H groups in total. The number of benzene rings is 2. The average molecular weight is 616 g/mol. The summed E-state index contributed by atoms with van der Waals surface area (Å²) in [6.45, 7) is 3.96. The van der Waals surface area contributed by atoms with E-state index in [2.05, 4.69) is 0 Å². The lowest BCUT2D eigenvalue weighted by Crippen LogP contribution is -2.48. The molecule has 230 valence electrons. The first-order valence-electron chi connectivity index (χ1n) is 13.0. The lowest BCUT2D eigenvalue weighted by Gasteiger charge is -2.36. The van der Waals surface area contributed by atoms with Gasteiger partial charge < -0.3 is 28.7 Å². The number of likely N-dealkylation sites (N-methyl/N-ethyl adjacent to an activating group) is 1. The molecular weight excluding hydrogens is 583 g/mol. The summed E-state index contributed by atoms with van der Waals surface area (Å²) in [4.78, 5) is 30.1. The summed E-state index contributed by atoms with van der Waals surface area (Å²) in [6, 6.07) is 7.90. The van der Waals surface area contributed by atoms with Crippen molar-refractivity contribution in [3.05, 3.63) is 47.5 Å². The summed E-state index contributed by atoms with van der Waals surface area (Å²) >= 11 is 0. The van der Waals surface area contributed by atoms with Crippen molar-refractivity contribution in [2.75, 3.05) is 51.1 Å². The molecule has 0 unspecified atom stereocenters. The van der Waals surface area contributed by atoms with E-state index < -0.39 is 40.0 Å². The number of carbonyl (C=O) groups is 2. The number of halogens is 3. The van der Waals surface area contributed by atoms with Gasteiger partial charge in [-0.3, -0.25) is 14.3 Å². The zero-order chi connectivity index (χ0) is 30.8. The molecule has 11 nitrogen and oxygen atoms in total. The van der Waals surface area contributed by atoms with E-state index in [4.69, 9.17) is 18.9 Å². The van der Waals surface area contributed by atoms with Crippen molar-refractivity contribution in [3.63, 3.8) is 0 Å². The van der Waals surface area contributed by atoms with E-state index in [1.807, 2.05) is 11.6 Å². The maximum Gasteiger partial charge on any atom is 0.404 e. The largest absolute Gasteiger partial charge is 0.491 e. The number of anilines is 1. The summed E-state index contributed by atoms with van der Waals surface area (Å²) in [5, 5.41) is 0. The third-order valence-electron chi connectivity index (χ3n) is 6.95.